The standard InChI is InChI=1S/C22H19BrCl3N5O3S2/c1-12-19(20(31-17(28-12)4-5-27-31)13-2-3-15(24)16(25)10-13)22(32)29-6-8-30(9-7-29)36(33,34)18-11-14(23)21(26)35-18/h2-5,10-11,20,28H,6-9H2,1H3. The van der Waals surface area contributed by atoms with Gasteiger partial charge in [-0.15, -0.1) is 11.3 Å². The largest absolute Gasteiger partial charge is 0.344 e. The summed E-state index contributed by atoms with van der Waals surface area (Å²) in [5, 5.41) is 8.48. The van der Waals surface area contributed by atoms with Crippen molar-refractivity contribution in [2.45, 2.75) is 17.2 Å². The number of benzene rings is 1. The van der Waals surface area contributed by atoms with Crippen molar-refractivity contribution in [3.8, 4) is 0 Å². The van der Waals surface area contributed by atoms with Crippen LogP contribution in [0.2, 0.25) is 14.4 Å². The Kier molecular flexibility index (Phi) is 7.18. The quantitative estimate of drug-likeness (QED) is 0.404. The second kappa shape index (κ2) is 9.94. The van der Waals surface area contributed by atoms with Crippen molar-refractivity contribution in [1.29, 1.82) is 0 Å². The van der Waals surface area contributed by atoms with Gasteiger partial charge in [0.25, 0.3) is 15.9 Å². The fourth-order valence-corrected chi connectivity index (χ4v) is 8.54. The van der Waals surface area contributed by atoms with E-state index in [1.807, 2.05) is 19.1 Å². The topological polar surface area (TPSA) is 87.5 Å². The van der Waals surface area contributed by atoms with E-state index >= 15 is 0 Å². The van der Waals surface area contributed by atoms with Crippen LogP contribution in [0.15, 0.2) is 56.5 Å². The smallest absolute Gasteiger partial charge is 0.254 e. The number of hydrogen-bond acceptors (Lipinski definition) is 6. The van der Waals surface area contributed by atoms with Crippen LogP contribution in [0.5, 0.6) is 0 Å². The number of halogens is 4. The summed E-state index contributed by atoms with van der Waals surface area (Å²) in [7, 11) is -3.71. The third-order valence-corrected chi connectivity index (χ3v) is 11.7. The maximum Gasteiger partial charge on any atom is 0.254 e. The lowest BCUT2D eigenvalue weighted by atomic mass is 9.94. The lowest BCUT2D eigenvalue weighted by Crippen LogP contribution is -2.51. The number of aromatic nitrogens is 2. The predicted octanol–water partition coefficient (Wildman–Crippen LogP) is 5.49. The van der Waals surface area contributed by atoms with Crippen molar-refractivity contribution in [2.24, 2.45) is 0 Å². The molecule has 0 aliphatic carbocycles. The van der Waals surface area contributed by atoms with Gasteiger partial charge in [0.1, 0.15) is 20.4 Å². The summed E-state index contributed by atoms with van der Waals surface area (Å²) in [6.45, 7) is 2.68. The minimum atomic E-state index is -3.71. The summed E-state index contributed by atoms with van der Waals surface area (Å²) >= 11 is 22.8. The molecule has 3 aromatic rings. The number of amides is 1. The van der Waals surface area contributed by atoms with E-state index in [4.69, 9.17) is 34.8 Å². The van der Waals surface area contributed by atoms with Gasteiger partial charge in [-0.25, -0.2) is 13.1 Å². The first kappa shape index (κ1) is 26.0. The van der Waals surface area contributed by atoms with Crippen LogP contribution in [-0.2, 0) is 14.8 Å². The predicted molar refractivity (Wildman–Crippen MR) is 146 cm³/mol. The van der Waals surface area contributed by atoms with Crippen molar-refractivity contribution in [2.75, 3.05) is 31.5 Å². The molecule has 1 N–H and O–H groups in total. The third-order valence-electron chi connectivity index (χ3n) is 6.14. The molecule has 0 bridgehead atoms. The molecule has 1 fully saturated rings. The van der Waals surface area contributed by atoms with Gasteiger partial charge in [-0.2, -0.15) is 9.40 Å². The second-order valence-corrected chi connectivity index (χ2v) is 13.8. The Hall–Kier alpha value is -1.60. The number of allylic oxidation sites excluding steroid dienone is 1. The van der Waals surface area contributed by atoms with E-state index in [2.05, 4.69) is 26.3 Å². The summed E-state index contributed by atoms with van der Waals surface area (Å²) < 4.78 is 30.4. The summed E-state index contributed by atoms with van der Waals surface area (Å²) in [6, 6.07) is 8.07. The summed E-state index contributed by atoms with van der Waals surface area (Å²) in [6.07, 6.45) is 1.66. The van der Waals surface area contributed by atoms with Gasteiger partial charge in [0.15, 0.2) is 0 Å². The number of rotatable bonds is 4. The van der Waals surface area contributed by atoms with Crippen molar-refractivity contribution in [1.82, 2.24) is 19.0 Å². The van der Waals surface area contributed by atoms with Crippen LogP contribution in [-0.4, -0.2) is 59.5 Å². The first-order valence-electron chi connectivity index (χ1n) is 10.8. The van der Waals surface area contributed by atoms with E-state index in [-0.39, 0.29) is 36.3 Å². The first-order valence-corrected chi connectivity index (χ1v) is 15.0. The molecule has 1 unspecified atom stereocenters. The number of fused-ring (bicyclic) bond motifs is 1. The highest BCUT2D eigenvalue weighted by atomic mass is 79.9. The zero-order valence-corrected chi connectivity index (χ0v) is 24.2. The normalized spacial score (nSPS) is 18.8. The second-order valence-electron chi connectivity index (χ2n) is 8.28. The van der Waals surface area contributed by atoms with Gasteiger partial charge >= 0.3 is 0 Å². The van der Waals surface area contributed by atoms with Gasteiger partial charge in [0, 0.05) is 42.4 Å². The maximum absolute atomic E-state index is 13.8. The molecule has 190 valence electrons. The van der Waals surface area contributed by atoms with E-state index in [0.29, 0.717) is 30.1 Å². The third kappa shape index (κ3) is 4.59. The zero-order chi connectivity index (χ0) is 25.8. The molecule has 2 aliphatic heterocycles. The maximum atomic E-state index is 13.8. The molecule has 0 radical (unpaired) electrons. The van der Waals surface area contributed by atoms with Crippen LogP contribution in [0, 0.1) is 0 Å². The summed E-state index contributed by atoms with van der Waals surface area (Å²) in [5.41, 5.74) is 1.96. The molecule has 4 heterocycles. The lowest BCUT2D eigenvalue weighted by Gasteiger charge is -2.37. The van der Waals surface area contributed by atoms with E-state index < -0.39 is 16.1 Å². The molecular formula is C22H19BrCl3N5O3S2. The van der Waals surface area contributed by atoms with E-state index in [1.165, 1.54) is 10.4 Å². The van der Waals surface area contributed by atoms with E-state index in [9.17, 15) is 13.2 Å². The van der Waals surface area contributed by atoms with Gasteiger partial charge in [-0.3, -0.25) is 4.79 Å². The minimum absolute atomic E-state index is 0.167. The molecule has 14 heteroatoms. The monoisotopic (exact) mass is 649 g/mol. The highest BCUT2D eigenvalue weighted by Gasteiger charge is 2.38. The number of hydrogen-bond donors (Lipinski definition) is 1. The van der Waals surface area contributed by atoms with Crippen LogP contribution in [0.25, 0.3) is 0 Å². The Labute approximate surface area is 235 Å². The molecule has 0 saturated carbocycles. The van der Waals surface area contributed by atoms with Crippen LogP contribution in [0.1, 0.15) is 18.5 Å². The molecule has 1 saturated heterocycles. The van der Waals surface area contributed by atoms with Gasteiger partial charge < -0.3 is 10.2 Å². The molecule has 1 aromatic carbocycles. The highest BCUT2D eigenvalue weighted by molar-refractivity contribution is 9.10. The van der Waals surface area contributed by atoms with Crippen molar-refractivity contribution < 1.29 is 13.2 Å². The molecule has 1 atom stereocenters. The Morgan fingerprint density at radius 1 is 1.11 bits per heavy atom. The molecule has 1 amide bonds. The summed E-state index contributed by atoms with van der Waals surface area (Å²) in [4.78, 5) is 15.5. The zero-order valence-electron chi connectivity index (χ0n) is 18.7. The molecule has 5 rings (SSSR count). The average molecular weight is 652 g/mol. The fourth-order valence-electron chi connectivity index (χ4n) is 4.36. The van der Waals surface area contributed by atoms with Crippen molar-refractivity contribution in [3.05, 3.63) is 72.2 Å². The van der Waals surface area contributed by atoms with Gasteiger partial charge in [-0.1, -0.05) is 40.9 Å². The van der Waals surface area contributed by atoms with Gasteiger partial charge in [-0.05, 0) is 46.6 Å². The number of thiophene rings is 1. The molecule has 2 aliphatic rings. The van der Waals surface area contributed by atoms with Gasteiger partial charge in [0.2, 0.25) is 0 Å². The number of nitrogens with zero attached hydrogens (tertiary/aromatic N) is 4. The van der Waals surface area contributed by atoms with Crippen LogP contribution < -0.4 is 5.32 Å². The SMILES string of the molecule is CC1=C(C(=O)N2CCN(S(=O)(=O)c3cc(Br)c(Cl)s3)CC2)C(c2ccc(Cl)c(Cl)c2)n2nccc2N1. The number of carbonyl (C=O) groups is 1. The molecular weight excluding hydrogens is 633 g/mol. The first-order chi connectivity index (χ1) is 17.1. The number of piperazine rings is 1. The fraction of sp³-hybridized carbons (Fsp3) is 0.273. The minimum Gasteiger partial charge on any atom is -0.344 e. The van der Waals surface area contributed by atoms with Crippen molar-refractivity contribution in [3.63, 3.8) is 0 Å². The highest BCUT2D eigenvalue weighted by Crippen LogP contribution is 2.39. The number of sulfonamides is 1. The lowest BCUT2D eigenvalue weighted by molar-refractivity contribution is -0.128. The average Bonchev–Trinajstić information content (AvgIpc) is 3.45. The van der Waals surface area contributed by atoms with E-state index in [1.54, 1.807) is 27.9 Å². The Morgan fingerprint density at radius 3 is 2.47 bits per heavy atom. The number of nitrogens with one attached hydrogen (secondary N) is 1. The Morgan fingerprint density at radius 2 is 1.83 bits per heavy atom. The number of carbonyl (C=O) groups excluding carboxylic acids is 1. The molecule has 2 aromatic heterocycles. The number of anilines is 1. The van der Waals surface area contributed by atoms with E-state index in [0.717, 1.165) is 22.7 Å². The molecule has 8 nitrogen and oxygen atoms in total. The summed E-state index contributed by atoms with van der Waals surface area (Å²) in [5.74, 6) is 0.549. The Balaban J connectivity index is 1.41. The van der Waals surface area contributed by atoms with Crippen molar-refractivity contribution >= 4 is 83.8 Å². The van der Waals surface area contributed by atoms with Crippen LogP contribution in [0.4, 0.5) is 5.82 Å². The Bertz CT molecular complexity index is 1480. The van der Waals surface area contributed by atoms with Gasteiger partial charge in [0.05, 0.1) is 21.8 Å². The van der Waals surface area contributed by atoms with Crippen LogP contribution in [0.3, 0.4) is 0 Å². The molecule has 36 heavy (non-hydrogen) atoms. The molecule has 0 spiro atoms. The van der Waals surface area contributed by atoms with Crippen LogP contribution >= 0.6 is 62.1 Å².